The molecule has 0 unspecified atom stereocenters. The Morgan fingerprint density at radius 2 is 1.95 bits per heavy atom. The number of amides is 1. The average molecular weight is 306 g/mol. The van der Waals surface area contributed by atoms with Crippen LogP contribution in [0.4, 0.5) is 5.82 Å². The lowest BCUT2D eigenvalue weighted by atomic mass is 9.56. The van der Waals surface area contributed by atoms with E-state index >= 15 is 0 Å². The maximum absolute atomic E-state index is 12.1. The molecule has 1 heterocycles. The van der Waals surface area contributed by atoms with Gasteiger partial charge in [0.05, 0.1) is 5.75 Å². The zero-order valence-corrected chi connectivity index (χ0v) is 13.2. The number of thioether (sulfide) groups is 1. The van der Waals surface area contributed by atoms with Gasteiger partial charge in [-0.25, -0.2) is 0 Å². The smallest absolute Gasteiger partial charge is 0.235 e. The molecular weight excluding hydrogens is 284 g/mol. The molecule has 4 saturated carbocycles. The van der Waals surface area contributed by atoms with Crippen LogP contribution in [0.25, 0.3) is 0 Å². The molecule has 1 N–H and O–H groups in total. The van der Waals surface area contributed by atoms with E-state index in [9.17, 15) is 4.79 Å². The van der Waals surface area contributed by atoms with Gasteiger partial charge in [0.2, 0.25) is 5.91 Å². The topological polar surface area (TPSA) is 55.1 Å². The van der Waals surface area contributed by atoms with Gasteiger partial charge < -0.3 is 9.84 Å². The van der Waals surface area contributed by atoms with Gasteiger partial charge in [0, 0.05) is 10.8 Å². The summed E-state index contributed by atoms with van der Waals surface area (Å²) in [6.07, 6.45) is 8.35. The van der Waals surface area contributed by atoms with Gasteiger partial charge in [-0.3, -0.25) is 4.79 Å². The first-order valence-electron chi connectivity index (χ1n) is 7.97. The molecule has 4 bridgehead atoms. The monoisotopic (exact) mass is 306 g/mol. The SMILES string of the molecule is Cc1cc(NC(=O)CSC23CC4CC(CC(C4)C2)C3)no1. The molecule has 0 radical (unpaired) electrons. The van der Waals surface area contributed by atoms with Crippen LogP contribution >= 0.6 is 11.8 Å². The van der Waals surface area contributed by atoms with E-state index in [0.29, 0.717) is 16.3 Å². The summed E-state index contributed by atoms with van der Waals surface area (Å²) in [5, 5.41) is 6.64. The minimum Gasteiger partial charge on any atom is -0.360 e. The van der Waals surface area contributed by atoms with Crippen LogP contribution in [-0.2, 0) is 4.79 Å². The van der Waals surface area contributed by atoms with Crippen LogP contribution in [0.3, 0.4) is 0 Å². The molecule has 114 valence electrons. The Labute approximate surface area is 129 Å². The summed E-state index contributed by atoms with van der Waals surface area (Å²) in [4.78, 5) is 12.1. The van der Waals surface area contributed by atoms with Gasteiger partial charge in [-0.2, -0.15) is 0 Å². The number of hydrogen-bond acceptors (Lipinski definition) is 4. The summed E-state index contributed by atoms with van der Waals surface area (Å²) in [6, 6.07) is 1.76. The van der Waals surface area contributed by atoms with E-state index in [1.165, 1.54) is 38.5 Å². The number of nitrogens with zero attached hydrogens (tertiary/aromatic N) is 1. The van der Waals surface area contributed by atoms with E-state index in [2.05, 4.69) is 10.5 Å². The van der Waals surface area contributed by atoms with Crippen molar-refractivity contribution in [2.75, 3.05) is 11.1 Å². The first-order chi connectivity index (χ1) is 10.1. The second-order valence-corrected chi connectivity index (χ2v) is 8.70. The average Bonchev–Trinajstić information content (AvgIpc) is 2.80. The lowest BCUT2D eigenvalue weighted by molar-refractivity contribution is -0.113. The normalized spacial score (nSPS) is 36.9. The first kappa shape index (κ1) is 13.7. The van der Waals surface area contributed by atoms with Crippen molar-refractivity contribution in [3.8, 4) is 0 Å². The highest BCUT2D eigenvalue weighted by Crippen LogP contribution is 2.60. The largest absolute Gasteiger partial charge is 0.360 e. The summed E-state index contributed by atoms with van der Waals surface area (Å²) >= 11 is 1.90. The molecule has 1 aromatic rings. The fourth-order valence-corrected chi connectivity index (χ4v) is 6.60. The van der Waals surface area contributed by atoms with Gasteiger partial charge >= 0.3 is 0 Å². The van der Waals surface area contributed by atoms with Crippen LogP contribution in [0.15, 0.2) is 10.6 Å². The number of aryl methyl sites for hydroxylation is 1. The van der Waals surface area contributed by atoms with Crippen LogP contribution in [0.5, 0.6) is 0 Å². The number of aromatic nitrogens is 1. The summed E-state index contributed by atoms with van der Waals surface area (Å²) < 4.78 is 5.37. The second kappa shape index (κ2) is 5.04. The van der Waals surface area contributed by atoms with Crippen molar-refractivity contribution in [3.63, 3.8) is 0 Å². The first-order valence-corrected chi connectivity index (χ1v) is 8.96. The number of rotatable bonds is 4. The highest BCUT2D eigenvalue weighted by atomic mass is 32.2. The number of carbonyl (C=O) groups is 1. The Kier molecular flexibility index (Phi) is 3.28. The predicted molar refractivity (Wildman–Crippen MR) is 83.2 cm³/mol. The molecule has 21 heavy (non-hydrogen) atoms. The molecule has 4 aliphatic carbocycles. The molecule has 0 aliphatic heterocycles. The number of nitrogens with one attached hydrogen (secondary N) is 1. The summed E-state index contributed by atoms with van der Waals surface area (Å²) in [5.41, 5.74) is 0. The number of carbonyl (C=O) groups excluding carboxylic acids is 1. The van der Waals surface area contributed by atoms with Crippen molar-refractivity contribution in [1.82, 2.24) is 5.16 Å². The minimum absolute atomic E-state index is 0.0454. The van der Waals surface area contributed by atoms with Crippen LogP contribution in [-0.4, -0.2) is 21.6 Å². The molecule has 4 nitrogen and oxygen atoms in total. The maximum Gasteiger partial charge on any atom is 0.235 e. The van der Waals surface area contributed by atoms with Gasteiger partial charge in [-0.15, -0.1) is 11.8 Å². The van der Waals surface area contributed by atoms with Crippen molar-refractivity contribution in [2.45, 2.75) is 50.2 Å². The Bertz CT molecular complexity index is 519. The molecule has 0 spiro atoms. The van der Waals surface area contributed by atoms with E-state index in [-0.39, 0.29) is 5.91 Å². The number of anilines is 1. The van der Waals surface area contributed by atoms with Crippen molar-refractivity contribution in [1.29, 1.82) is 0 Å². The fraction of sp³-hybridized carbons (Fsp3) is 0.750. The van der Waals surface area contributed by atoms with Gasteiger partial charge in [-0.05, 0) is 63.2 Å². The van der Waals surface area contributed by atoms with Gasteiger partial charge in [0.1, 0.15) is 5.76 Å². The van der Waals surface area contributed by atoms with Crippen molar-refractivity contribution >= 4 is 23.5 Å². The Morgan fingerprint density at radius 1 is 1.33 bits per heavy atom. The molecule has 5 heteroatoms. The molecule has 5 rings (SSSR count). The molecule has 1 amide bonds. The van der Waals surface area contributed by atoms with Crippen LogP contribution in [0.2, 0.25) is 0 Å². The molecule has 0 saturated heterocycles. The van der Waals surface area contributed by atoms with E-state index in [1.54, 1.807) is 6.07 Å². The molecule has 4 aliphatic rings. The molecule has 0 aromatic carbocycles. The Morgan fingerprint density at radius 3 is 2.48 bits per heavy atom. The van der Waals surface area contributed by atoms with Gasteiger partial charge in [0.25, 0.3) is 0 Å². The van der Waals surface area contributed by atoms with E-state index in [4.69, 9.17) is 4.52 Å². The Balaban J connectivity index is 1.35. The highest BCUT2D eigenvalue weighted by Gasteiger charge is 2.51. The maximum atomic E-state index is 12.1. The molecule has 1 aromatic heterocycles. The molecular formula is C16H22N2O2S. The molecule has 4 fully saturated rings. The van der Waals surface area contributed by atoms with E-state index in [0.717, 1.165) is 23.5 Å². The van der Waals surface area contributed by atoms with Crippen LogP contribution in [0, 0.1) is 24.7 Å². The van der Waals surface area contributed by atoms with Crippen LogP contribution < -0.4 is 5.32 Å². The Hall–Kier alpha value is -0.970. The number of hydrogen-bond donors (Lipinski definition) is 1. The minimum atomic E-state index is 0.0454. The van der Waals surface area contributed by atoms with Crippen molar-refractivity contribution in [3.05, 3.63) is 11.8 Å². The summed E-state index contributed by atoms with van der Waals surface area (Å²) in [6.45, 7) is 1.83. The van der Waals surface area contributed by atoms with E-state index in [1.807, 2.05) is 18.7 Å². The van der Waals surface area contributed by atoms with Gasteiger partial charge in [0.15, 0.2) is 5.82 Å². The highest BCUT2D eigenvalue weighted by molar-refractivity contribution is 8.01. The summed E-state index contributed by atoms with van der Waals surface area (Å²) in [5.74, 6) is 4.64. The quantitative estimate of drug-likeness (QED) is 0.923. The zero-order chi connectivity index (χ0) is 14.4. The summed E-state index contributed by atoms with van der Waals surface area (Å²) in [7, 11) is 0. The lowest BCUT2D eigenvalue weighted by Crippen LogP contribution is -2.49. The van der Waals surface area contributed by atoms with Crippen molar-refractivity contribution < 1.29 is 9.32 Å². The van der Waals surface area contributed by atoms with E-state index < -0.39 is 0 Å². The fourth-order valence-electron chi connectivity index (χ4n) is 5.03. The van der Waals surface area contributed by atoms with Gasteiger partial charge in [-0.1, -0.05) is 5.16 Å². The molecule has 0 atom stereocenters. The second-order valence-electron chi connectivity index (χ2n) is 7.26. The zero-order valence-electron chi connectivity index (χ0n) is 12.4. The third-order valence-electron chi connectivity index (χ3n) is 5.39. The van der Waals surface area contributed by atoms with Crippen molar-refractivity contribution in [2.24, 2.45) is 17.8 Å². The predicted octanol–water partition coefficient (Wildman–Crippen LogP) is 3.62. The van der Waals surface area contributed by atoms with Crippen LogP contribution in [0.1, 0.15) is 44.3 Å². The standard InChI is InChI=1S/C16H22N2O2S/c1-10-2-14(18-20-10)17-15(19)9-21-16-6-11-3-12(7-16)5-13(4-11)8-16/h2,11-13H,3-9H2,1H3,(H,17,18,19). The lowest BCUT2D eigenvalue weighted by Gasteiger charge is -2.56. The third kappa shape index (κ3) is 2.72. The third-order valence-corrected chi connectivity index (χ3v) is 6.91.